The summed E-state index contributed by atoms with van der Waals surface area (Å²) in [5.74, 6) is 1.74. The van der Waals surface area contributed by atoms with Crippen LogP contribution < -0.4 is 15.8 Å². The normalized spacial score (nSPS) is 10.5. The molecule has 0 saturated heterocycles. The van der Waals surface area contributed by atoms with E-state index in [1.807, 2.05) is 26.0 Å². The van der Waals surface area contributed by atoms with Crippen LogP contribution >= 0.6 is 0 Å². The largest absolute Gasteiger partial charge is 0.475 e. The molecule has 0 aliphatic carbocycles. The van der Waals surface area contributed by atoms with E-state index in [-0.39, 0.29) is 6.10 Å². The second kappa shape index (κ2) is 5.99. The molecule has 6 nitrogen and oxygen atoms in total. The first-order valence-corrected chi connectivity index (χ1v) is 6.07. The summed E-state index contributed by atoms with van der Waals surface area (Å²) in [6, 6.07) is 5.51. The van der Waals surface area contributed by atoms with Crippen LogP contribution in [-0.4, -0.2) is 21.1 Å². The first-order chi connectivity index (χ1) is 9.15. The van der Waals surface area contributed by atoms with E-state index in [0.717, 1.165) is 5.56 Å². The first-order valence-electron chi connectivity index (χ1n) is 6.07. The quantitative estimate of drug-likeness (QED) is 0.852. The number of aromatic nitrogens is 3. The molecule has 0 aliphatic rings. The number of nitrogens with one attached hydrogen (secondary N) is 1. The van der Waals surface area contributed by atoms with Gasteiger partial charge in [0, 0.05) is 24.4 Å². The van der Waals surface area contributed by atoms with Crippen molar-refractivity contribution in [3.8, 4) is 5.88 Å². The highest BCUT2D eigenvalue weighted by molar-refractivity contribution is 5.44. The number of hydrogen-bond acceptors (Lipinski definition) is 6. The molecule has 6 heteroatoms. The van der Waals surface area contributed by atoms with Crippen LogP contribution in [0.5, 0.6) is 5.88 Å². The van der Waals surface area contributed by atoms with Gasteiger partial charge in [0.15, 0.2) is 0 Å². The SMILES string of the molecule is CC(C)Oc1ncccc1CNc1cc(N)ncn1. The van der Waals surface area contributed by atoms with Crippen LogP contribution in [0.3, 0.4) is 0 Å². The fourth-order valence-electron chi connectivity index (χ4n) is 1.54. The molecule has 2 heterocycles. The van der Waals surface area contributed by atoms with E-state index in [0.29, 0.717) is 24.1 Å². The summed E-state index contributed by atoms with van der Waals surface area (Å²) in [5.41, 5.74) is 6.56. The molecule has 0 atom stereocenters. The van der Waals surface area contributed by atoms with Gasteiger partial charge in [0.25, 0.3) is 0 Å². The fourth-order valence-corrected chi connectivity index (χ4v) is 1.54. The Kier molecular flexibility index (Phi) is 4.12. The van der Waals surface area contributed by atoms with Crippen molar-refractivity contribution in [1.29, 1.82) is 0 Å². The van der Waals surface area contributed by atoms with Gasteiger partial charge in [0.1, 0.15) is 18.0 Å². The molecule has 2 aromatic heterocycles. The number of anilines is 2. The van der Waals surface area contributed by atoms with Gasteiger partial charge in [-0.25, -0.2) is 15.0 Å². The molecule has 0 amide bonds. The summed E-state index contributed by atoms with van der Waals surface area (Å²) in [4.78, 5) is 12.2. The van der Waals surface area contributed by atoms with Gasteiger partial charge in [-0.1, -0.05) is 6.07 Å². The van der Waals surface area contributed by atoms with Crippen molar-refractivity contribution < 1.29 is 4.74 Å². The van der Waals surface area contributed by atoms with E-state index >= 15 is 0 Å². The minimum atomic E-state index is 0.0864. The molecule has 0 spiro atoms. The maximum Gasteiger partial charge on any atom is 0.218 e. The van der Waals surface area contributed by atoms with Crippen molar-refractivity contribution in [2.45, 2.75) is 26.5 Å². The van der Waals surface area contributed by atoms with Gasteiger partial charge in [-0.05, 0) is 19.9 Å². The summed E-state index contributed by atoms with van der Waals surface area (Å²) in [6.07, 6.45) is 3.22. The summed E-state index contributed by atoms with van der Waals surface area (Å²) in [5, 5.41) is 3.16. The number of pyridine rings is 1. The van der Waals surface area contributed by atoms with E-state index < -0.39 is 0 Å². The van der Waals surface area contributed by atoms with Gasteiger partial charge >= 0.3 is 0 Å². The summed E-state index contributed by atoms with van der Waals surface area (Å²) >= 11 is 0. The Hall–Kier alpha value is -2.37. The van der Waals surface area contributed by atoms with Crippen molar-refractivity contribution in [1.82, 2.24) is 15.0 Å². The van der Waals surface area contributed by atoms with Crippen LogP contribution in [0.2, 0.25) is 0 Å². The molecule has 2 rings (SSSR count). The van der Waals surface area contributed by atoms with E-state index in [4.69, 9.17) is 10.5 Å². The highest BCUT2D eigenvalue weighted by Crippen LogP contribution is 2.17. The molecule has 0 fully saturated rings. The monoisotopic (exact) mass is 259 g/mol. The molecule has 0 aromatic carbocycles. The van der Waals surface area contributed by atoms with E-state index in [1.165, 1.54) is 6.33 Å². The smallest absolute Gasteiger partial charge is 0.218 e. The molecule has 19 heavy (non-hydrogen) atoms. The van der Waals surface area contributed by atoms with Crippen LogP contribution in [-0.2, 0) is 6.54 Å². The highest BCUT2D eigenvalue weighted by atomic mass is 16.5. The lowest BCUT2D eigenvalue weighted by Gasteiger charge is -2.13. The third-order valence-corrected chi connectivity index (χ3v) is 2.35. The Morgan fingerprint density at radius 1 is 1.32 bits per heavy atom. The zero-order valence-corrected chi connectivity index (χ0v) is 11.0. The lowest BCUT2D eigenvalue weighted by molar-refractivity contribution is 0.230. The third-order valence-electron chi connectivity index (χ3n) is 2.35. The fraction of sp³-hybridized carbons (Fsp3) is 0.308. The Morgan fingerprint density at radius 3 is 2.89 bits per heavy atom. The van der Waals surface area contributed by atoms with Gasteiger partial charge in [0.2, 0.25) is 5.88 Å². The average Bonchev–Trinajstić information content (AvgIpc) is 2.37. The van der Waals surface area contributed by atoms with Crippen LogP contribution in [0.1, 0.15) is 19.4 Å². The van der Waals surface area contributed by atoms with Crippen molar-refractivity contribution >= 4 is 11.6 Å². The number of rotatable bonds is 5. The second-order valence-corrected chi connectivity index (χ2v) is 4.32. The van der Waals surface area contributed by atoms with Crippen LogP contribution in [0.4, 0.5) is 11.6 Å². The lowest BCUT2D eigenvalue weighted by atomic mass is 10.2. The summed E-state index contributed by atoms with van der Waals surface area (Å²) in [7, 11) is 0. The van der Waals surface area contributed by atoms with Crippen LogP contribution in [0, 0.1) is 0 Å². The van der Waals surface area contributed by atoms with Gasteiger partial charge in [-0.15, -0.1) is 0 Å². The summed E-state index contributed by atoms with van der Waals surface area (Å²) in [6.45, 7) is 4.50. The van der Waals surface area contributed by atoms with Gasteiger partial charge in [-0.2, -0.15) is 0 Å². The maximum absolute atomic E-state index is 5.65. The molecular formula is C13H17N5O. The molecule has 0 unspecified atom stereocenters. The van der Waals surface area contributed by atoms with E-state index in [2.05, 4.69) is 20.3 Å². The number of nitrogens with zero attached hydrogens (tertiary/aromatic N) is 3. The molecule has 3 N–H and O–H groups in total. The topological polar surface area (TPSA) is 86.0 Å². The zero-order chi connectivity index (χ0) is 13.7. The lowest BCUT2D eigenvalue weighted by Crippen LogP contribution is -2.11. The first kappa shape index (κ1) is 13.1. The maximum atomic E-state index is 5.65. The van der Waals surface area contributed by atoms with E-state index in [1.54, 1.807) is 12.3 Å². The number of hydrogen-bond donors (Lipinski definition) is 2. The number of ether oxygens (including phenoxy) is 1. The number of nitrogens with two attached hydrogens (primary N) is 1. The summed E-state index contributed by atoms with van der Waals surface area (Å²) < 4.78 is 5.65. The van der Waals surface area contributed by atoms with Crippen molar-refractivity contribution in [2.75, 3.05) is 11.1 Å². The molecule has 0 saturated carbocycles. The molecule has 2 aromatic rings. The van der Waals surface area contributed by atoms with Gasteiger partial charge in [-0.3, -0.25) is 0 Å². The zero-order valence-electron chi connectivity index (χ0n) is 11.0. The number of nitrogen functional groups attached to an aromatic ring is 1. The van der Waals surface area contributed by atoms with Gasteiger partial charge < -0.3 is 15.8 Å². The van der Waals surface area contributed by atoms with E-state index in [9.17, 15) is 0 Å². The van der Waals surface area contributed by atoms with Crippen molar-refractivity contribution in [3.05, 3.63) is 36.3 Å². The Morgan fingerprint density at radius 2 is 2.16 bits per heavy atom. The molecule has 0 radical (unpaired) electrons. The average molecular weight is 259 g/mol. The van der Waals surface area contributed by atoms with Gasteiger partial charge in [0.05, 0.1) is 6.10 Å². The highest BCUT2D eigenvalue weighted by Gasteiger charge is 2.06. The minimum absolute atomic E-state index is 0.0864. The molecular weight excluding hydrogens is 242 g/mol. The Bertz CT molecular complexity index is 544. The molecule has 0 bridgehead atoms. The van der Waals surface area contributed by atoms with Crippen LogP contribution in [0.25, 0.3) is 0 Å². The van der Waals surface area contributed by atoms with Crippen LogP contribution in [0.15, 0.2) is 30.7 Å². The molecule has 0 aliphatic heterocycles. The molecule has 100 valence electrons. The predicted molar refractivity (Wildman–Crippen MR) is 73.8 cm³/mol. The second-order valence-electron chi connectivity index (χ2n) is 4.32. The predicted octanol–water partition coefficient (Wildman–Crippen LogP) is 1.85. The van der Waals surface area contributed by atoms with Crippen molar-refractivity contribution in [2.24, 2.45) is 0 Å². The minimum Gasteiger partial charge on any atom is -0.475 e. The Labute approximate surface area is 112 Å². The Balaban J connectivity index is 2.07. The third kappa shape index (κ3) is 3.80. The van der Waals surface area contributed by atoms with Crippen molar-refractivity contribution in [3.63, 3.8) is 0 Å². The standard InChI is InChI=1S/C13H17N5O/c1-9(2)19-13-10(4-3-5-15-13)7-16-12-6-11(14)17-8-18-12/h3-6,8-9H,7H2,1-2H3,(H3,14,16,17,18).